The number of ketones is 3. The molecule has 4 rings (SSSR count). The van der Waals surface area contributed by atoms with Gasteiger partial charge in [-0.25, -0.2) is 0 Å². The van der Waals surface area contributed by atoms with Gasteiger partial charge >= 0.3 is 0 Å². The molecule has 25 heavy (non-hydrogen) atoms. The van der Waals surface area contributed by atoms with Crippen LogP contribution in [0.1, 0.15) is 53.3 Å². The molecule has 1 aromatic carbocycles. The highest BCUT2D eigenvalue weighted by Crippen LogP contribution is 2.41. The first-order valence-electron chi connectivity index (χ1n) is 9.25. The van der Waals surface area contributed by atoms with Gasteiger partial charge in [-0.3, -0.25) is 14.4 Å². The third kappa shape index (κ3) is 2.69. The van der Waals surface area contributed by atoms with Crippen LogP contribution in [0.3, 0.4) is 0 Å². The number of hydrogen-bond donors (Lipinski definition) is 0. The van der Waals surface area contributed by atoms with E-state index >= 15 is 0 Å². The average Bonchev–Trinajstić information content (AvgIpc) is 3.14. The van der Waals surface area contributed by atoms with Crippen molar-refractivity contribution < 1.29 is 14.4 Å². The Morgan fingerprint density at radius 3 is 2.20 bits per heavy atom. The lowest BCUT2D eigenvalue weighted by Crippen LogP contribution is -2.38. The number of benzene rings is 1. The fraction of sp³-hybridized carbons (Fsp3) is 0.476. The van der Waals surface area contributed by atoms with Crippen LogP contribution in [-0.2, 0) is 4.79 Å². The third-order valence-corrected chi connectivity index (χ3v) is 5.96. The summed E-state index contributed by atoms with van der Waals surface area (Å²) in [6.07, 6.45) is 3.60. The molecular formula is C21H23NO3. The number of carbonyl (C=O) groups excluding carboxylic acids is 3. The van der Waals surface area contributed by atoms with Crippen LogP contribution in [0, 0.1) is 11.8 Å². The smallest absolute Gasteiger partial charge is 0.190 e. The predicted octanol–water partition coefficient (Wildman–Crippen LogP) is 3.07. The Morgan fingerprint density at radius 1 is 0.960 bits per heavy atom. The van der Waals surface area contributed by atoms with Crippen LogP contribution in [0.2, 0.25) is 0 Å². The second-order valence-corrected chi connectivity index (χ2v) is 7.46. The summed E-state index contributed by atoms with van der Waals surface area (Å²) in [7, 11) is 0. The molecule has 2 aliphatic carbocycles. The number of allylic oxidation sites excluding steroid dienone is 2. The number of hydrogen-bond acceptors (Lipinski definition) is 4. The second-order valence-electron chi connectivity index (χ2n) is 7.46. The van der Waals surface area contributed by atoms with Crippen LogP contribution in [-0.4, -0.2) is 41.9 Å². The van der Waals surface area contributed by atoms with Gasteiger partial charge in [0.1, 0.15) is 5.78 Å². The Kier molecular flexibility index (Phi) is 4.16. The van der Waals surface area contributed by atoms with Gasteiger partial charge in [-0.05, 0) is 44.8 Å². The van der Waals surface area contributed by atoms with E-state index in [0.717, 1.165) is 26.1 Å². The van der Waals surface area contributed by atoms with Crippen LogP contribution in [0.25, 0.3) is 0 Å². The summed E-state index contributed by atoms with van der Waals surface area (Å²) < 4.78 is 0. The minimum absolute atomic E-state index is 0.0454. The molecule has 0 N–H and O–H groups in total. The number of carbonyl (C=O) groups is 3. The zero-order valence-corrected chi connectivity index (χ0v) is 14.6. The molecule has 1 aromatic rings. The lowest BCUT2D eigenvalue weighted by molar-refractivity contribution is -0.122. The maximum Gasteiger partial charge on any atom is 0.190 e. The van der Waals surface area contributed by atoms with Crippen molar-refractivity contribution in [1.82, 2.24) is 4.90 Å². The van der Waals surface area contributed by atoms with Crippen molar-refractivity contribution in [1.29, 1.82) is 0 Å². The van der Waals surface area contributed by atoms with E-state index in [9.17, 15) is 14.4 Å². The van der Waals surface area contributed by atoms with Gasteiger partial charge in [-0.15, -0.1) is 0 Å². The van der Waals surface area contributed by atoms with E-state index in [-0.39, 0.29) is 23.3 Å². The summed E-state index contributed by atoms with van der Waals surface area (Å²) in [5.74, 6) is -0.675. The maximum absolute atomic E-state index is 13.1. The Morgan fingerprint density at radius 2 is 1.56 bits per heavy atom. The van der Waals surface area contributed by atoms with E-state index in [4.69, 9.17) is 0 Å². The van der Waals surface area contributed by atoms with Gasteiger partial charge in [0, 0.05) is 34.6 Å². The second kappa shape index (κ2) is 6.34. The molecule has 1 aliphatic heterocycles. The summed E-state index contributed by atoms with van der Waals surface area (Å²) >= 11 is 0. The van der Waals surface area contributed by atoms with E-state index in [1.165, 1.54) is 12.8 Å². The fourth-order valence-electron chi connectivity index (χ4n) is 4.52. The summed E-state index contributed by atoms with van der Waals surface area (Å²) in [4.78, 5) is 41.0. The van der Waals surface area contributed by atoms with Gasteiger partial charge in [-0.2, -0.15) is 0 Å². The molecule has 0 saturated carbocycles. The van der Waals surface area contributed by atoms with Crippen molar-refractivity contribution in [2.75, 3.05) is 19.6 Å². The van der Waals surface area contributed by atoms with E-state index < -0.39 is 5.92 Å². The summed E-state index contributed by atoms with van der Waals surface area (Å²) in [5, 5.41) is 0. The van der Waals surface area contributed by atoms with Gasteiger partial charge in [-0.1, -0.05) is 31.2 Å². The largest absolute Gasteiger partial charge is 0.303 e. The monoisotopic (exact) mass is 337 g/mol. The molecule has 1 fully saturated rings. The van der Waals surface area contributed by atoms with Crippen molar-refractivity contribution in [3.05, 3.63) is 46.5 Å². The highest BCUT2D eigenvalue weighted by atomic mass is 16.1. The standard InChI is InChI=1S/C21H23NO3/c1-13-17(23)12-14(8-11-22-9-4-5-10-22)19-18(13)20(24)15-6-2-3-7-16(15)21(19)25/h2-3,6-7,13-14H,4-5,8-12H2,1H3. The number of rotatable bonds is 3. The van der Waals surface area contributed by atoms with Gasteiger partial charge in [0.2, 0.25) is 0 Å². The molecule has 4 heteroatoms. The van der Waals surface area contributed by atoms with E-state index in [1.54, 1.807) is 31.2 Å². The Labute approximate surface area is 147 Å². The van der Waals surface area contributed by atoms with Gasteiger partial charge in [0.05, 0.1) is 0 Å². The molecule has 1 heterocycles. The van der Waals surface area contributed by atoms with Crippen molar-refractivity contribution >= 4 is 17.3 Å². The topological polar surface area (TPSA) is 54.5 Å². The maximum atomic E-state index is 13.1. The summed E-state index contributed by atoms with van der Waals surface area (Å²) in [6.45, 7) is 4.86. The van der Waals surface area contributed by atoms with E-state index in [2.05, 4.69) is 4.90 Å². The van der Waals surface area contributed by atoms with Crippen LogP contribution < -0.4 is 0 Å². The first kappa shape index (κ1) is 16.4. The van der Waals surface area contributed by atoms with E-state index in [0.29, 0.717) is 28.7 Å². The summed E-state index contributed by atoms with van der Waals surface area (Å²) in [6, 6.07) is 7.00. The molecule has 0 aromatic heterocycles. The molecular weight excluding hydrogens is 314 g/mol. The SMILES string of the molecule is CC1C(=O)CC(CCN2CCCC2)C2=C1C(=O)c1ccccc1C2=O. The zero-order valence-electron chi connectivity index (χ0n) is 14.6. The molecule has 0 bridgehead atoms. The van der Waals surface area contributed by atoms with Gasteiger partial charge in [0.25, 0.3) is 0 Å². The molecule has 0 spiro atoms. The molecule has 130 valence electrons. The van der Waals surface area contributed by atoms with Crippen LogP contribution >= 0.6 is 0 Å². The normalized spacial score (nSPS) is 26.8. The van der Waals surface area contributed by atoms with Crippen LogP contribution in [0.15, 0.2) is 35.4 Å². The average molecular weight is 337 g/mol. The molecule has 2 atom stereocenters. The van der Waals surface area contributed by atoms with E-state index in [1.807, 2.05) is 0 Å². The van der Waals surface area contributed by atoms with Crippen molar-refractivity contribution in [3.8, 4) is 0 Å². The number of likely N-dealkylation sites (tertiary alicyclic amines) is 1. The lowest BCUT2D eigenvalue weighted by atomic mass is 9.67. The van der Waals surface area contributed by atoms with Gasteiger partial charge < -0.3 is 4.90 Å². The minimum Gasteiger partial charge on any atom is -0.303 e. The highest BCUT2D eigenvalue weighted by molar-refractivity contribution is 6.29. The number of nitrogens with zero attached hydrogens (tertiary/aromatic N) is 1. The third-order valence-electron chi connectivity index (χ3n) is 5.96. The molecule has 2 unspecified atom stereocenters. The highest BCUT2D eigenvalue weighted by Gasteiger charge is 2.43. The van der Waals surface area contributed by atoms with Crippen molar-refractivity contribution in [2.45, 2.75) is 32.6 Å². The number of Topliss-reactive ketones (excluding diaryl/α,β-unsaturated/α-hetero) is 3. The Balaban J connectivity index is 1.71. The molecule has 3 aliphatic rings. The zero-order chi connectivity index (χ0) is 17.6. The quantitative estimate of drug-likeness (QED) is 0.850. The predicted molar refractivity (Wildman–Crippen MR) is 94.7 cm³/mol. The Bertz CT molecular complexity index is 786. The summed E-state index contributed by atoms with van der Waals surface area (Å²) in [5.41, 5.74) is 2.03. The van der Waals surface area contributed by atoms with Crippen molar-refractivity contribution in [2.24, 2.45) is 11.8 Å². The van der Waals surface area contributed by atoms with Crippen molar-refractivity contribution in [3.63, 3.8) is 0 Å². The fourth-order valence-corrected chi connectivity index (χ4v) is 4.52. The Hall–Kier alpha value is -2.07. The minimum atomic E-state index is -0.470. The molecule has 0 radical (unpaired) electrons. The first-order chi connectivity index (χ1) is 12.1. The first-order valence-corrected chi connectivity index (χ1v) is 9.25. The van der Waals surface area contributed by atoms with Crippen LogP contribution in [0.5, 0.6) is 0 Å². The lowest BCUT2D eigenvalue weighted by Gasteiger charge is -2.34. The molecule has 4 nitrogen and oxygen atoms in total. The van der Waals surface area contributed by atoms with Crippen LogP contribution in [0.4, 0.5) is 0 Å². The molecule has 1 saturated heterocycles. The molecule has 0 amide bonds. The van der Waals surface area contributed by atoms with Gasteiger partial charge in [0.15, 0.2) is 11.6 Å². The number of fused-ring (bicyclic) bond motifs is 1.